The lowest BCUT2D eigenvalue weighted by molar-refractivity contribution is 0.0989. The number of carbonyl (C=O) groups excluding carboxylic acids is 1. The average molecular weight is 398 g/mol. The molecule has 0 N–H and O–H groups in total. The van der Waals surface area contributed by atoms with E-state index < -0.39 is 0 Å². The Bertz CT molecular complexity index is 982. The van der Waals surface area contributed by atoms with E-state index in [1.54, 1.807) is 6.07 Å². The van der Waals surface area contributed by atoms with E-state index in [1.807, 2.05) is 34.5 Å². The summed E-state index contributed by atoms with van der Waals surface area (Å²) in [5.74, 6) is 0.715. The quantitative estimate of drug-likeness (QED) is 0.550. The van der Waals surface area contributed by atoms with Gasteiger partial charge in [0, 0.05) is 17.8 Å². The van der Waals surface area contributed by atoms with Crippen molar-refractivity contribution >= 4 is 34.5 Å². The molecule has 1 aliphatic heterocycles. The summed E-state index contributed by atoms with van der Waals surface area (Å²) in [5.41, 5.74) is 4.51. The van der Waals surface area contributed by atoms with Crippen molar-refractivity contribution in [3.8, 4) is 5.75 Å². The number of aryl methyl sites for hydroxylation is 2. The highest BCUT2D eigenvalue weighted by Crippen LogP contribution is 2.31. The van der Waals surface area contributed by atoms with Crippen molar-refractivity contribution in [2.75, 3.05) is 11.4 Å². The lowest BCUT2D eigenvalue weighted by Gasteiger charge is -2.29. The molecular weight excluding hydrogens is 378 g/mol. The molecule has 27 heavy (non-hydrogen) atoms. The number of carbonyl (C=O) groups is 1. The van der Waals surface area contributed by atoms with Crippen LogP contribution in [0.3, 0.4) is 0 Å². The zero-order valence-corrected chi connectivity index (χ0v) is 16.6. The van der Waals surface area contributed by atoms with Gasteiger partial charge in [-0.2, -0.15) is 0 Å². The minimum atomic E-state index is 0.0637. The van der Waals surface area contributed by atoms with Gasteiger partial charge in [0.25, 0.3) is 5.91 Å². The number of hydrogen-bond donors (Lipinski definition) is 0. The van der Waals surface area contributed by atoms with E-state index >= 15 is 0 Å². The molecule has 0 unspecified atom stereocenters. The third kappa shape index (κ3) is 3.87. The molecule has 0 saturated heterocycles. The van der Waals surface area contributed by atoms with Gasteiger partial charge in [0.1, 0.15) is 12.4 Å². The normalized spacial score (nSPS) is 13.3. The number of ether oxygens (including phenoxy) is 1. The molecule has 3 aromatic rings. The molecule has 0 fully saturated rings. The fourth-order valence-corrected chi connectivity index (χ4v) is 4.39. The van der Waals surface area contributed by atoms with Crippen LogP contribution in [0.5, 0.6) is 5.75 Å². The van der Waals surface area contributed by atoms with Gasteiger partial charge in [-0.15, -0.1) is 11.3 Å². The summed E-state index contributed by atoms with van der Waals surface area (Å²) in [6.45, 7) is 3.24. The van der Waals surface area contributed by atoms with E-state index in [1.165, 1.54) is 22.5 Å². The fraction of sp³-hybridized carbons (Fsp3) is 0.227. The first-order valence-electron chi connectivity index (χ1n) is 8.98. The molecule has 3 nitrogen and oxygen atoms in total. The van der Waals surface area contributed by atoms with Crippen LogP contribution in [0.4, 0.5) is 5.69 Å². The van der Waals surface area contributed by atoms with Crippen LogP contribution in [-0.4, -0.2) is 12.5 Å². The molecular formula is C22H20ClNO2S. The van der Waals surface area contributed by atoms with Gasteiger partial charge in [-0.3, -0.25) is 4.79 Å². The lowest BCUT2D eigenvalue weighted by Crippen LogP contribution is -2.35. The highest BCUT2D eigenvalue weighted by Gasteiger charge is 2.24. The largest absolute Gasteiger partial charge is 0.487 e. The average Bonchev–Trinajstić information content (AvgIpc) is 3.15. The first-order chi connectivity index (χ1) is 13.1. The van der Waals surface area contributed by atoms with E-state index in [0.29, 0.717) is 17.4 Å². The number of hydrogen-bond acceptors (Lipinski definition) is 3. The Labute approximate surface area is 168 Å². The SMILES string of the molecule is Cc1ccc2c(c1)CCCN2C(=O)c1cc(COc2ccccc2Cl)cs1. The highest BCUT2D eigenvalue weighted by molar-refractivity contribution is 7.12. The minimum Gasteiger partial charge on any atom is -0.487 e. The summed E-state index contributed by atoms with van der Waals surface area (Å²) in [4.78, 5) is 15.7. The van der Waals surface area contributed by atoms with Crippen LogP contribution in [0.15, 0.2) is 53.9 Å². The Morgan fingerprint density at radius 2 is 2.07 bits per heavy atom. The zero-order chi connectivity index (χ0) is 18.8. The first kappa shape index (κ1) is 18.1. The number of rotatable bonds is 4. The Hall–Kier alpha value is -2.30. The summed E-state index contributed by atoms with van der Waals surface area (Å²) in [5, 5.41) is 2.56. The number of benzene rings is 2. The van der Waals surface area contributed by atoms with Crippen molar-refractivity contribution in [2.24, 2.45) is 0 Å². The predicted molar refractivity (Wildman–Crippen MR) is 111 cm³/mol. The van der Waals surface area contributed by atoms with Crippen LogP contribution in [0.1, 0.15) is 32.8 Å². The maximum Gasteiger partial charge on any atom is 0.268 e. The molecule has 2 heterocycles. The summed E-state index contributed by atoms with van der Waals surface area (Å²) in [6, 6.07) is 15.6. The third-order valence-electron chi connectivity index (χ3n) is 4.69. The van der Waals surface area contributed by atoms with Gasteiger partial charge >= 0.3 is 0 Å². The van der Waals surface area contributed by atoms with Crippen LogP contribution >= 0.6 is 22.9 Å². The van der Waals surface area contributed by atoms with Crippen LogP contribution in [0, 0.1) is 6.92 Å². The van der Waals surface area contributed by atoms with Gasteiger partial charge in [-0.05, 0) is 55.0 Å². The van der Waals surface area contributed by atoms with Crippen LogP contribution in [0.25, 0.3) is 0 Å². The van der Waals surface area contributed by atoms with E-state index in [-0.39, 0.29) is 5.91 Å². The molecule has 0 spiro atoms. The predicted octanol–water partition coefficient (Wildman–Crippen LogP) is 5.88. The number of nitrogens with zero attached hydrogens (tertiary/aromatic N) is 1. The van der Waals surface area contributed by atoms with Crippen molar-refractivity contribution < 1.29 is 9.53 Å². The molecule has 1 amide bonds. The van der Waals surface area contributed by atoms with Gasteiger partial charge in [-0.1, -0.05) is 41.4 Å². The summed E-state index contributed by atoms with van der Waals surface area (Å²) in [7, 11) is 0. The lowest BCUT2D eigenvalue weighted by atomic mass is 9.99. The second-order valence-corrected chi connectivity index (χ2v) is 8.05. The van der Waals surface area contributed by atoms with Crippen molar-refractivity contribution in [2.45, 2.75) is 26.4 Å². The van der Waals surface area contributed by atoms with E-state index in [2.05, 4.69) is 25.1 Å². The van der Waals surface area contributed by atoms with Gasteiger partial charge < -0.3 is 9.64 Å². The molecule has 0 atom stereocenters. The number of amides is 1. The van der Waals surface area contributed by atoms with Crippen molar-refractivity contribution in [1.29, 1.82) is 0 Å². The number of para-hydroxylation sites is 1. The Morgan fingerprint density at radius 3 is 2.93 bits per heavy atom. The van der Waals surface area contributed by atoms with E-state index in [9.17, 15) is 4.79 Å². The number of fused-ring (bicyclic) bond motifs is 1. The molecule has 138 valence electrons. The maximum atomic E-state index is 13.1. The Morgan fingerprint density at radius 1 is 1.22 bits per heavy atom. The maximum absolute atomic E-state index is 13.1. The number of halogens is 1. The molecule has 0 radical (unpaired) electrons. The minimum absolute atomic E-state index is 0.0637. The van der Waals surface area contributed by atoms with Crippen LogP contribution in [-0.2, 0) is 13.0 Å². The fourth-order valence-electron chi connectivity index (χ4n) is 3.36. The molecule has 0 saturated carbocycles. The number of anilines is 1. The van der Waals surface area contributed by atoms with Crippen LogP contribution in [0.2, 0.25) is 5.02 Å². The number of thiophene rings is 1. The smallest absolute Gasteiger partial charge is 0.268 e. The molecule has 5 heteroatoms. The molecule has 4 rings (SSSR count). The molecule has 1 aliphatic rings. The zero-order valence-electron chi connectivity index (χ0n) is 15.1. The monoisotopic (exact) mass is 397 g/mol. The topological polar surface area (TPSA) is 29.5 Å². The van der Waals surface area contributed by atoms with E-state index in [4.69, 9.17) is 16.3 Å². The Balaban J connectivity index is 1.49. The van der Waals surface area contributed by atoms with Crippen LogP contribution < -0.4 is 9.64 Å². The molecule has 2 aromatic carbocycles. The Kier molecular flexibility index (Phi) is 5.19. The van der Waals surface area contributed by atoms with E-state index in [0.717, 1.165) is 35.5 Å². The molecule has 0 aliphatic carbocycles. The second kappa shape index (κ2) is 7.75. The van der Waals surface area contributed by atoms with Gasteiger partial charge in [0.2, 0.25) is 0 Å². The summed E-state index contributed by atoms with van der Waals surface area (Å²) >= 11 is 7.59. The van der Waals surface area contributed by atoms with Gasteiger partial charge in [0.05, 0.1) is 9.90 Å². The van der Waals surface area contributed by atoms with Gasteiger partial charge in [-0.25, -0.2) is 0 Å². The molecule has 0 bridgehead atoms. The highest BCUT2D eigenvalue weighted by atomic mass is 35.5. The van der Waals surface area contributed by atoms with Crippen molar-refractivity contribution in [1.82, 2.24) is 0 Å². The second-order valence-electron chi connectivity index (χ2n) is 6.73. The van der Waals surface area contributed by atoms with Crippen molar-refractivity contribution in [3.63, 3.8) is 0 Å². The summed E-state index contributed by atoms with van der Waals surface area (Å²) in [6.07, 6.45) is 2.03. The first-order valence-corrected chi connectivity index (χ1v) is 10.2. The van der Waals surface area contributed by atoms with Crippen molar-refractivity contribution in [3.05, 3.63) is 80.5 Å². The van der Waals surface area contributed by atoms with Gasteiger partial charge in [0.15, 0.2) is 0 Å². The third-order valence-corrected chi connectivity index (χ3v) is 5.97. The standard InChI is InChI=1S/C22H20ClNO2S/c1-15-8-9-19-17(11-15)5-4-10-24(19)22(25)21-12-16(14-27-21)13-26-20-7-3-2-6-18(20)23/h2-3,6-9,11-12,14H,4-5,10,13H2,1H3. The summed E-state index contributed by atoms with van der Waals surface area (Å²) < 4.78 is 5.78. The molecule has 1 aromatic heterocycles.